The van der Waals surface area contributed by atoms with E-state index in [9.17, 15) is 5.11 Å². The molecule has 0 aliphatic heterocycles. The number of nitrogens with zero attached hydrogens (tertiary/aromatic N) is 1. The van der Waals surface area contributed by atoms with E-state index < -0.39 is 6.10 Å². The predicted octanol–water partition coefficient (Wildman–Crippen LogP) is 2.22. The Balaban J connectivity index is 2.79. The molecule has 1 rings (SSSR count). The molecule has 1 heterocycles. The molecule has 1 atom stereocenters. The number of aryl methyl sites for hydroxylation is 1. The van der Waals surface area contributed by atoms with Gasteiger partial charge in [-0.05, 0) is 25.0 Å². The van der Waals surface area contributed by atoms with Gasteiger partial charge in [-0.3, -0.25) is 4.98 Å². The average molecular weight is 165 g/mol. The quantitative estimate of drug-likeness (QED) is 0.745. The summed E-state index contributed by atoms with van der Waals surface area (Å²) in [5.41, 5.74) is 1.89. The SMILES string of the molecule is CCC[C@@H](O)c1ncccc1C. The molecule has 0 saturated heterocycles. The molecular formula is C10H15NO. The molecular weight excluding hydrogens is 150 g/mol. The molecule has 0 radical (unpaired) electrons. The van der Waals surface area contributed by atoms with E-state index in [1.54, 1.807) is 6.20 Å². The van der Waals surface area contributed by atoms with Gasteiger partial charge < -0.3 is 5.11 Å². The highest BCUT2D eigenvalue weighted by Gasteiger charge is 2.09. The maximum Gasteiger partial charge on any atom is 0.0962 e. The van der Waals surface area contributed by atoms with Crippen molar-refractivity contribution in [2.75, 3.05) is 0 Å². The Hall–Kier alpha value is -0.890. The van der Waals surface area contributed by atoms with Gasteiger partial charge in [0.05, 0.1) is 11.8 Å². The normalized spacial score (nSPS) is 12.9. The Labute approximate surface area is 73.3 Å². The number of hydrogen-bond donors (Lipinski definition) is 1. The van der Waals surface area contributed by atoms with Crippen LogP contribution in [0.1, 0.15) is 37.1 Å². The van der Waals surface area contributed by atoms with Gasteiger partial charge in [0.15, 0.2) is 0 Å². The molecule has 0 spiro atoms. The third-order valence-corrected chi connectivity index (χ3v) is 1.93. The van der Waals surface area contributed by atoms with Crippen LogP contribution in [0.2, 0.25) is 0 Å². The molecule has 0 amide bonds. The summed E-state index contributed by atoms with van der Waals surface area (Å²) in [6, 6.07) is 3.86. The lowest BCUT2D eigenvalue weighted by Gasteiger charge is -2.10. The highest BCUT2D eigenvalue weighted by atomic mass is 16.3. The van der Waals surface area contributed by atoms with E-state index in [0.29, 0.717) is 0 Å². The molecule has 1 N–H and O–H groups in total. The maximum absolute atomic E-state index is 9.64. The van der Waals surface area contributed by atoms with Crippen molar-refractivity contribution < 1.29 is 5.11 Å². The molecule has 0 bridgehead atoms. The molecule has 1 aromatic rings. The second kappa shape index (κ2) is 4.21. The molecule has 12 heavy (non-hydrogen) atoms. The standard InChI is InChI=1S/C10H15NO/c1-3-5-9(12)10-8(2)6-4-7-11-10/h4,6-7,9,12H,3,5H2,1-2H3/t9-/m1/s1. The fourth-order valence-corrected chi connectivity index (χ4v) is 1.26. The summed E-state index contributed by atoms with van der Waals surface area (Å²) >= 11 is 0. The minimum absolute atomic E-state index is 0.392. The first-order valence-corrected chi connectivity index (χ1v) is 4.35. The van der Waals surface area contributed by atoms with Crippen LogP contribution in [0, 0.1) is 6.92 Å². The zero-order chi connectivity index (χ0) is 8.97. The summed E-state index contributed by atoms with van der Waals surface area (Å²) in [7, 11) is 0. The molecule has 66 valence electrons. The van der Waals surface area contributed by atoms with Crippen molar-refractivity contribution in [2.45, 2.75) is 32.8 Å². The predicted molar refractivity (Wildman–Crippen MR) is 48.8 cm³/mol. The van der Waals surface area contributed by atoms with E-state index in [1.165, 1.54) is 0 Å². The highest BCUT2D eigenvalue weighted by Crippen LogP contribution is 2.18. The third-order valence-electron chi connectivity index (χ3n) is 1.93. The van der Waals surface area contributed by atoms with E-state index in [2.05, 4.69) is 11.9 Å². The van der Waals surface area contributed by atoms with Gasteiger partial charge in [-0.1, -0.05) is 19.4 Å². The molecule has 0 aliphatic rings. The molecule has 0 saturated carbocycles. The molecule has 0 aromatic carbocycles. The monoisotopic (exact) mass is 165 g/mol. The van der Waals surface area contributed by atoms with Crippen LogP contribution in [0.25, 0.3) is 0 Å². The van der Waals surface area contributed by atoms with Crippen LogP contribution in [0.3, 0.4) is 0 Å². The highest BCUT2D eigenvalue weighted by molar-refractivity contribution is 5.19. The Morgan fingerprint density at radius 2 is 2.33 bits per heavy atom. The molecule has 0 unspecified atom stereocenters. The van der Waals surface area contributed by atoms with Crippen LogP contribution in [0.15, 0.2) is 18.3 Å². The van der Waals surface area contributed by atoms with Crippen molar-refractivity contribution in [1.82, 2.24) is 4.98 Å². The Morgan fingerprint density at radius 1 is 1.58 bits per heavy atom. The minimum atomic E-state index is -0.392. The van der Waals surface area contributed by atoms with E-state index in [4.69, 9.17) is 0 Å². The summed E-state index contributed by atoms with van der Waals surface area (Å²) in [5.74, 6) is 0. The largest absolute Gasteiger partial charge is 0.387 e. The number of aromatic nitrogens is 1. The molecule has 0 aliphatic carbocycles. The van der Waals surface area contributed by atoms with Crippen LogP contribution in [0.5, 0.6) is 0 Å². The van der Waals surface area contributed by atoms with Gasteiger partial charge in [0.1, 0.15) is 0 Å². The van der Waals surface area contributed by atoms with Gasteiger partial charge >= 0.3 is 0 Å². The maximum atomic E-state index is 9.64. The summed E-state index contributed by atoms with van der Waals surface area (Å²) < 4.78 is 0. The van der Waals surface area contributed by atoms with Crippen LogP contribution < -0.4 is 0 Å². The molecule has 2 heteroatoms. The van der Waals surface area contributed by atoms with Crippen molar-refractivity contribution in [1.29, 1.82) is 0 Å². The Kier molecular flexibility index (Phi) is 3.23. The van der Waals surface area contributed by atoms with Gasteiger partial charge in [0.25, 0.3) is 0 Å². The second-order valence-electron chi connectivity index (χ2n) is 3.01. The number of rotatable bonds is 3. The fourth-order valence-electron chi connectivity index (χ4n) is 1.26. The van der Waals surface area contributed by atoms with Gasteiger partial charge in [0, 0.05) is 6.20 Å². The summed E-state index contributed by atoms with van der Waals surface area (Å²) in [5, 5.41) is 9.64. The smallest absolute Gasteiger partial charge is 0.0962 e. The van der Waals surface area contributed by atoms with Crippen molar-refractivity contribution in [3.8, 4) is 0 Å². The third kappa shape index (κ3) is 2.05. The lowest BCUT2D eigenvalue weighted by molar-refractivity contribution is 0.161. The first kappa shape index (κ1) is 9.20. The van der Waals surface area contributed by atoms with Crippen molar-refractivity contribution in [3.63, 3.8) is 0 Å². The van der Waals surface area contributed by atoms with E-state index in [1.807, 2.05) is 19.1 Å². The number of aliphatic hydroxyl groups excluding tert-OH is 1. The van der Waals surface area contributed by atoms with Gasteiger partial charge in [-0.2, -0.15) is 0 Å². The van der Waals surface area contributed by atoms with Gasteiger partial charge in [-0.25, -0.2) is 0 Å². The molecule has 1 aromatic heterocycles. The zero-order valence-electron chi connectivity index (χ0n) is 7.62. The number of aliphatic hydroxyl groups is 1. The van der Waals surface area contributed by atoms with Gasteiger partial charge in [-0.15, -0.1) is 0 Å². The first-order valence-electron chi connectivity index (χ1n) is 4.35. The van der Waals surface area contributed by atoms with E-state index in [0.717, 1.165) is 24.1 Å². The van der Waals surface area contributed by atoms with E-state index in [-0.39, 0.29) is 0 Å². The number of hydrogen-bond acceptors (Lipinski definition) is 2. The van der Waals surface area contributed by atoms with E-state index >= 15 is 0 Å². The van der Waals surface area contributed by atoms with Crippen molar-refractivity contribution in [2.24, 2.45) is 0 Å². The Bertz CT molecular complexity index is 247. The topological polar surface area (TPSA) is 33.1 Å². The number of pyridine rings is 1. The van der Waals surface area contributed by atoms with Crippen molar-refractivity contribution in [3.05, 3.63) is 29.6 Å². The molecule has 0 fully saturated rings. The zero-order valence-corrected chi connectivity index (χ0v) is 7.62. The summed E-state index contributed by atoms with van der Waals surface area (Å²) in [6.45, 7) is 4.03. The fraction of sp³-hybridized carbons (Fsp3) is 0.500. The minimum Gasteiger partial charge on any atom is -0.387 e. The van der Waals surface area contributed by atoms with Crippen LogP contribution in [-0.4, -0.2) is 10.1 Å². The first-order chi connectivity index (χ1) is 5.75. The average Bonchev–Trinajstić information content (AvgIpc) is 2.05. The Morgan fingerprint density at radius 3 is 2.92 bits per heavy atom. The lowest BCUT2D eigenvalue weighted by atomic mass is 10.1. The van der Waals surface area contributed by atoms with Crippen molar-refractivity contribution >= 4 is 0 Å². The van der Waals surface area contributed by atoms with Gasteiger partial charge in [0.2, 0.25) is 0 Å². The van der Waals surface area contributed by atoms with Crippen LogP contribution in [0.4, 0.5) is 0 Å². The van der Waals surface area contributed by atoms with Crippen LogP contribution >= 0.6 is 0 Å². The molecule has 2 nitrogen and oxygen atoms in total. The summed E-state index contributed by atoms with van der Waals surface area (Å²) in [4.78, 5) is 4.15. The van der Waals surface area contributed by atoms with Crippen LogP contribution in [-0.2, 0) is 0 Å². The lowest BCUT2D eigenvalue weighted by Crippen LogP contribution is -2.01. The second-order valence-corrected chi connectivity index (χ2v) is 3.01. The summed E-state index contributed by atoms with van der Waals surface area (Å²) in [6.07, 6.45) is 3.10.